The van der Waals surface area contributed by atoms with Crippen LogP contribution in [0, 0.1) is 11.8 Å². The highest BCUT2D eigenvalue weighted by Gasteiger charge is 2.10. The van der Waals surface area contributed by atoms with Crippen LogP contribution in [0.2, 0.25) is 0 Å². The lowest BCUT2D eigenvalue weighted by Gasteiger charge is -2.09. The molecule has 1 heterocycles. The van der Waals surface area contributed by atoms with E-state index in [0.29, 0.717) is 5.75 Å². The molecule has 0 spiro atoms. The molecule has 18 heavy (non-hydrogen) atoms. The molecule has 0 atom stereocenters. The molecule has 98 valence electrons. The van der Waals surface area contributed by atoms with Gasteiger partial charge in [-0.2, -0.15) is 17.4 Å². The lowest BCUT2D eigenvalue weighted by Crippen LogP contribution is -2.35. The monoisotopic (exact) mass is 269 g/mol. The van der Waals surface area contributed by atoms with Gasteiger partial charge in [-0.1, -0.05) is 11.8 Å². The molecule has 1 rings (SSSR count). The van der Waals surface area contributed by atoms with E-state index < -0.39 is 10.2 Å². The Bertz CT molecular complexity index is 517. The Labute approximate surface area is 107 Å². The molecular weight excluding hydrogens is 254 g/mol. The Kier molecular flexibility index (Phi) is 5.58. The van der Waals surface area contributed by atoms with E-state index in [-0.39, 0.29) is 13.2 Å². The van der Waals surface area contributed by atoms with E-state index in [9.17, 15) is 8.42 Å². The predicted molar refractivity (Wildman–Crippen MR) is 68.1 cm³/mol. The average molecular weight is 269 g/mol. The van der Waals surface area contributed by atoms with E-state index in [1.165, 1.54) is 14.1 Å². The van der Waals surface area contributed by atoms with Crippen LogP contribution in [0.3, 0.4) is 0 Å². The number of hydrogen-bond acceptors (Lipinski definition) is 4. The Hall–Kier alpha value is -1.62. The van der Waals surface area contributed by atoms with Crippen LogP contribution in [-0.2, 0) is 10.2 Å². The van der Waals surface area contributed by atoms with Gasteiger partial charge in [0.25, 0.3) is 10.2 Å². The van der Waals surface area contributed by atoms with E-state index in [1.807, 2.05) is 0 Å². The molecule has 1 N–H and O–H groups in total. The molecule has 0 fully saturated rings. The lowest BCUT2D eigenvalue weighted by molar-refractivity contribution is 0.368. The fourth-order valence-corrected chi connectivity index (χ4v) is 1.43. The summed E-state index contributed by atoms with van der Waals surface area (Å²) < 4.78 is 31.2. The number of rotatable bonds is 5. The molecule has 0 amide bonds. The van der Waals surface area contributed by atoms with Crippen LogP contribution >= 0.6 is 0 Å². The summed E-state index contributed by atoms with van der Waals surface area (Å²) >= 11 is 0. The van der Waals surface area contributed by atoms with Crippen molar-refractivity contribution in [2.45, 2.75) is 0 Å². The van der Waals surface area contributed by atoms with Crippen molar-refractivity contribution in [2.75, 3.05) is 27.2 Å². The van der Waals surface area contributed by atoms with E-state index in [0.717, 1.165) is 4.31 Å². The largest absolute Gasteiger partial charge is 0.479 e. The summed E-state index contributed by atoms with van der Waals surface area (Å²) in [5.74, 6) is 5.98. The van der Waals surface area contributed by atoms with Crippen molar-refractivity contribution in [3.05, 3.63) is 24.5 Å². The average Bonchev–Trinajstić information content (AvgIpc) is 2.34. The molecule has 1 aromatic rings. The summed E-state index contributed by atoms with van der Waals surface area (Å²) in [5, 5.41) is 0. The molecule has 7 heteroatoms. The molecule has 0 saturated heterocycles. The summed E-state index contributed by atoms with van der Waals surface area (Å²) in [4.78, 5) is 3.88. The Balaban J connectivity index is 2.28. The van der Waals surface area contributed by atoms with Crippen molar-refractivity contribution in [3.63, 3.8) is 0 Å². The van der Waals surface area contributed by atoms with Gasteiger partial charge in [-0.3, -0.25) is 4.98 Å². The van der Waals surface area contributed by atoms with Gasteiger partial charge in [-0.25, -0.2) is 0 Å². The van der Waals surface area contributed by atoms with E-state index in [1.54, 1.807) is 24.5 Å². The third-order valence-electron chi connectivity index (χ3n) is 1.89. The number of ether oxygens (including phenoxy) is 1. The zero-order valence-corrected chi connectivity index (χ0v) is 11.1. The standard InChI is InChI=1S/C11H15N3O3S/c1-14(2)18(15,16)13-8-3-4-9-17-11-6-5-7-12-10-11/h5-7,10,13H,8-9H2,1-2H3. The van der Waals surface area contributed by atoms with Crippen LogP contribution in [0.5, 0.6) is 5.75 Å². The Morgan fingerprint density at radius 1 is 1.44 bits per heavy atom. The fraction of sp³-hybridized carbons (Fsp3) is 0.364. The number of hydrogen-bond donors (Lipinski definition) is 1. The van der Waals surface area contributed by atoms with Crippen LogP contribution in [0.1, 0.15) is 0 Å². The van der Waals surface area contributed by atoms with Crippen molar-refractivity contribution in [1.29, 1.82) is 0 Å². The second-order valence-corrected chi connectivity index (χ2v) is 5.41. The first-order valence-corrected chi connectivity index (χ1v) is 6.62. The zero-order chi connectivity index (χ0) is 13.4. The molecule has 0 aliphatic heterocycles. The van der Waals surface area contributed by atoms with Crippen LogP contribution in [0.15, 0.2) is 24.5 Å². The quantitative estimate of drug-likeness (QED) is 0.755. The SMILES string of the molecule is CN(C)S(=O)(=O)NCC#CCOc1cccnc1. The highest BCUT2D eigenvalue weighted by atomic mass is 32.2. The number of aromatic nitrogens is 1. The first kappa shape index (κ1) is 14.4. The van der Waals surface area contributed by atoms with Gasteiger partial charge in [0, 0.05) is 20.3 Å². The van der Waals surface area contributed by atoms with Crippen molar-refractivity contribution >= 4 is 10.2 Å². The van der Waals surface area contributed by atoms with E-state index in [4.69, 9.17) is 4.74 Å². The molecule has 1 aromatic heterocycles. The number of nitrogens with one attached hydrogen (secondary N) is 1. The fourth-order valence-electron chi connectivity index (χ4n) is 0.922. The van der Waals surface area contributed by atoms with Crippen molar-refractivity contribution in [1.82, 2.24) is 14.0 Å². The zero-order valence-electron chi connectivity index (χ0n) is 10.3. The Morgan fingerprint density at radius 3 is 2.83 bits per heavy atom. The van der Waals surface area contributed by atoms with E-state index in [2.05, 4.69) is 21.5 Å². The summed E-state index contributed by atoms with van der Waals surface area (Å²) in [7, 11) is -0.516. The summed E-state index contributed by atoms with van der Waals surface area (Å²) in [6.07, 6.45) is 3.23. The lowest BCUT2D eigenvalue weighted by atomic mass is 10.5. The van der Waals surface area contributed by atoms with Crippen molar-refractivity contribution in [2.24, 2.45) is 0 Å². The molecular formula is C11H15N3O3S. The number of pyridine rings is 1. The minimum atomic E-state index is -3.41. The minimum absolute atomic E-state index is 0.0525. The maximum absolute atomic E-state index is 11.3. The third-order valence-corrected chi connectivity index (χ3v) is 3.36. The second kappa shape index (κ2) is 6.96. The highest BCUT2D eigenvalue weighted by Crippen LogP contribution is 2.04. The molecule has 0 bridgehead atoms. The summed E-state index contributed by atoms with van der Waals surface area (Å²) in [5.41, 5.74) is 0. The molecule has 0 saturated carbocycles. The smallest absolute Gasteiger partial charge is 0.279 e. The predicted octanol–water partition coefficient (Wildman–Crippen LogP) is -0.140. The number of nitrogens with zero attached hydrogens (tertiary/aromatic N) is 2. The molecule has 6 nitrogen and oxygen atoms in total. The van der Waals surface area contributed by atoms with Crippen LogP contribution in [0.4, 0.5) is 0 Å². The molecule has 0 aliphatic carbocycles. The highest BCUT2D eigenvalue weighted by molar-refractivity contribution is 7.87. The maximum atomic E-state index is 11.3. The van der Waals surface area contributed by atoms with Crippen LogP contribution in [0.25, 0.3) is 0 Å². The van der Waals surface area contributed by atoms with Gasteiger partial charge in [-0.05, 0) is 12.1 Å². The first-order chi connectivity index (χ1) is 8.52. The van der Waals surface area contributed by atoms with Crippen molar-refractivity contribution < 1.29 is 13.2 Å². The van der Waals surface area contributed by atoms with Gasteiger partial charge in [0.1, 0.15) is 12.4 Å². The molecule has 0 radical (unpaired) electrons. The second-order valence-electron chi connectivity index (χ2n) is 3.44. The van der Waals surface area contributed by atoms with Gasteiger partial charge < -0.3 is 4.74 Å². The summed E-state index contributed by atoms with van der Waals surface area (Å²) in [6, 6.07) is 3.53. The molecule has 0 aliphatic rings. The minimum Gasteiger partial charge on any atom is -0.479 e. The normalized spacial score (nSPS) is 10.8. The Morgan fingerprint density at radius 2 is 2.22 bits per heavy atom. The van der Waals surface area contributed by atoms with Crippen LogP contribution in [-0.4, -0.2) is 45.0 Å². The third kappa shape index (κ3) is 5.14. The molecule has 0 unspecified atom stereocenters. The van der Waals surface area contributed by atoms with Gasteiger partial charge in [0.15, 0.2) is 0 Å². The molecule has 0 aromatic carbocycles. The van der Waals surface area contributed by atoms with Gasteiger partial charge >= 0.3 is 0 Å². The topological polar surface area (TPSA) is 71.5 Å². The maximum Gasteiger partial charge on any atom is 0.279 e. The van der Waals surface area contributed by atoms with Crippen LogP contribution < -0.4 is 9.46 Å². The van der Waals surface area contributed by atoms with Gasteiger partial charge in [-0.15, -0.1) is 0 Å². The van der Waals surface area contributed by atoms with E-state index >= 15 is 0 Å². The first-order valence-electron chi connectivity index (χ1n) is 5.18. The summed E-state index contributed by atoms with van der Waals surface area (Å²) in [6.45, 7) is 0.242. The van der Waals surface area contributed by atoms with Gasteiger partial charge in [0.05, 0.1) is 12.7 Å². The van der Waals surface area contributed by atoms with Gasteiger partial charge in [0.2, 0.25) is 0 Å². The van der Waals surface area contributed by atoms with Crippen molar-refractivity contribution in [3.8, 4) is 17.6 Å².